The number of hydrogen-bond donors (Lipinski definition) is 0. The van der Waals surface area contributed by atoms with Gasteiger partial charge in [-0.1, -0.05) is 30.0 Å². The third-order valence-corrected chi connectivity index (χ3v) is 5.46. The van der Waals surface area contributed by atoms with Crippen molar-refractivity contribution in [2.75, 3.05) is 6.54 Å². The molecule has 1 saturated heterocycles. The number of nitrogens with zero attached hydrogens (tertiary/aromatic N) is 2. The lowest BCUT2D eigenvalue weighted by atomic mass is 10.1. The molecular formula is C18H18N2S. The summed E-state index contributed by atoms with van der Waals surface area (Å²) in [6.07, 6.45) is 6.10. The van der Waals surface area contributed by atoms with Crippen molar-refractivity contribution in [3.8, 4) is 11.8 Å². The van der Waals surface area contributed by atoms with E-state index in [1.807, 2.05) is 29.9 Å². The first-order valence-corrected chi connectivity index (χ1v) is 8.49. The maximum absolute atomic E-state index is 4.26. The van der Waals surface area contributed by atoms with E-state index >= 15 is 0 Å². The van der Waals surface area contributed by atoms with Gasteiger partial charge in [0.05, 0.1) is 10.4 Å². The molecule has 2 nitrogen and oxygen atoms in total. The molecule has 2 bridgehead atoms. The Hall–Kier alpha value is -1.63. The second kappa shape index (κ2) is 5.63. The first-order valence-electron chi connectivity index (χ1n) is 7.61. The zero-order valence-corrected chi connectivity index (χ0v) is 12.7. The van der Waals surface area contributed by atoms with E-state index < -0.39 is 0 Å². The number of piperidine rings is 1. The van der Waals surface area contributed by atoms with Crippen LogP contribution in [-0.4, -0.2) is 22.5 Å². The van der Waals surface area contributed by atoms with Crippen molar-refractivity contribution in [2.45, 2.75) is 31.3 Å². The lowest BCUT2D eigenvalue weighted by Crippen LogP contribution is -2.34. The van der Waals surface area contributed by atoms with Gasteiger partial charge < -0.3 is 0 Å². The predicted octanol–water partition coefficient (Wildman–Crippen LogP) is 3.72. The molecule has 3 heteroatoms. The molecule has 0 spiro atoms. The summed E-state index contributed by atoms with van der Waals surface area (Å²) in [5, 5.41) is 0. The molecule has 3 unspecified atom stereocenters. The van der Waals surface area contributed by atoms with Crippen molar-refractivity contribution in [3.05, 3.63) is 52.5 Å². The minimum absolute atomic E-state index is 0.216. The summed E-state index contributed by atoms with van der Waals surface area (Å²) in [7, 11) is 0. The highest BCUT2D eigenvalue weighted by molar-refractivity contribution is 7.09. The van der Waals surface area contributed by atoms with Gasteiger partial charge >= 0.3 is 0 Å². The topological polar surface area (TPSA) is 16.1 Å². The van der Waals surface area contributed by atoms with Crippen LogP contribution in [0.15, 0.2) is 42.0 Å². The van der Waals surface area contributed by atoms with Gasteiger partial charge in [0.25, 0.3) is 0 Å². The largest absolute Gasteiger partial charge is 0.282 e. The second-order valence-corrected chi connectivity index (χ2v) is 6.89. The molecule has 1 aromatic heterocycles. The highest BCUT2D eigenvalue weighted by Gasteiger charge is 2.41. The molecule has 2 aromatic rings. The van der Waals surface area contributed by atoms with Crippen molar-refractivity contribution in [1.29, 1.82) is 0 Å². The Labute approximate surface area is 129 Å². The molecule has 1 saturated carbocycles. The van der Waals surface area contributed by atoms with Gasteiger partial charge in [0.2, 0.25) is 0 Å². The van der Waals surface area contributed by atoms with Gasteiger partial charge in [0, 0.05) is 24.3 Å². The second-order valence-electron chi connectivity index (χ2n) is 5.97. The van der Waals surface area contributed by atoms with E-state index in [4.69, 9.17) is 0 Å². The molecule has 2 heterocycles. The van der Waals surface area contributed by atoms with Gasteiger partial charge in [0.15, 0.2) is 0 Å². The van der Waals surface area contributed by atoms with Crippen molar-refractivity contribution in [3.63, 3.8) is 0 Å². The molecule has 1 aliphatic carbocycles. The minimum Gasteiger partial charge on any atom is -0.282 e. The van der Waals surface area contributed by atoms with Gasteiger partial charge in [-0.3, -0.25) is 9.88 Å². The first-order chi connectivity index (χ1) is 10.4. The SMILES string of the molecule is C(#CC(c1cncs1)N1CC2CCC1C2)c1ccccc1. The van der Waals surface area contributed by atoms with Crippen LogP contribution in [0.4, 0.5) is 0 Å². The number of aromatic nitrogens is 1. The lowest BCUT2D eigenvalue weighted by Gasteiger charge is -2.31. The average molecular weight is 294 g/mol. The summed E-state index contributed by atoms with van der Waals surface area (Å²) in [6, 6.07) is 11.2. The fraction of sp³-hybridized carbons (Fsp3) is 0.389. The van der Waals surface area contributed by atoms with E-state index in [1.165, 1.54) is 30.7 Å². The normalized spacial score (nSPS) is 25.5. The Balaban J connectivity index is 1.64. The van der Waals surface area contributed by atoms with E-state index in [9.17, 15) is 0 Å². The van der Waals surface area contributed by atoms with E-state index in [2.05, 4.69) is 33.9 Å². The fourth-order valence-electron chi connectivity index (χ4n) is 3.63. The van der Waals surface area contributed by atoms with Crippen molar-refractivity contribution < 1.29 is 0 Å². The molecule has 0 N–H and O–H groups in total. The number of benzene rings is 1. The van der Waals surface area contributed by atoms with Crippen molar-refractivity contribution in [2.24, 2.45) is 5.92 Å². The van der Waals surface area contributed by atoms with E-state index in [-0.39, 0.29) is 6.04 Å². The van der Waals surface area contributed by atoms with Crippen LogP contribution in [0.3, 0.4) is 0 Å². The fourth-order valence-corrected chi connectivity index (χ4v) is 4.32. The Morgan fingerprint density at radius 2 is 2.14 bits per heavy atom. The Kier molecular flexibility index (Phi) is 3.50. The van der Waals surface area contributed by atoms with Gasteiger partial charge in [-0.25, -0.2) is 0 Å². The smallest absolute Gasteiger partial charge is 0.109 e. The number of hydrogen-bond acceptors (Lipinski definition) is 3. The molecule has 2 fully saturated rings. The molecule has 1 aliphatic heterocycles. The summed E-state index contributed by atoms with van der Waals surface area (Å²) in [5.41, 5.74) is 3.01. The summed E-state index contributed by atoms with van der Waals surface area (Å²) in [6.45, 7) is 1.21. The third-order valence-electron chi connectivity index (χ3n) is 4.63. The molecule has 106 valence electrons. The van der Waals surface area contributed by atoms with Crippen LogP contribution in [0.2, 0.25) is 0 Å². The number of thiazole rings is 1. The zero-order chi connectivity index (χ0) is 14.1. The lowest BCUT2D eigenvalue weighted by molar-refractivity contribution is 0.184. The molecule has 21 heavy (non-hydrogen) atoms. The van der Waals surface area contributed by atoms with E-state index in [1.54, 1.807) is 11.3 Å². The van der Waals surface area contributed by atoms with Gasteiger partial charge in [0.1, 0.15) is 6.04 Å². The van der Waals surface area contributed by atoms with Crippen LogP contribution in [0, 0.1) is 17.8 Å². The number of rotatable bonds is 2. The molecular weight excluding hydrogens is 276 g/mol. The molecule has 4 rings (SSSR count). The van der Waals surface area contributed by atoms with Crippen LogP contribution in [0.1, 0.15) is 35.7 Å². The Morgan fingerprint density at radius 1 is 1.24 bits per heavy atom. The highest BCUT2D eigenvalue weighted by atomic mass is 32.1. The molecule has 0 radical (unpaired) electrons. The maximum Gasteiger partial charge on any atom is 0.109 e. The maximum atomic E-state index is 4.26. The molecule has 2 aliphatic rings. The zero-order valence-electron chi connectivity index (χ0n) is 11.9. The summed E-state index contributed by atoms with van der Waals surface area (Å²) < 4.78 is 0. The van der Waals surface area contributed by atoms with Gasteiger partial charge in [-0.05, 0) is 37.3 Å². The molecule has 3 atom stereocenters. The van der Waals surface area contributed by atoms with E-state index in [0.29, 0.717) is 0 Å². The summed E-state index contributed by atoms with van der Waals surface area (Å²) in [5.74, 6) is 7.76. The first kappa shape index (κ1) is 13.1. The summed E-state index contributed by atoms with van der Waals surface area (Å²) in [4.78, 5) is 8.15. The minimum atomic E-state index is 0.216. The monoisotopic (exact) mass is 294 g/mol. The Bertz CT molecular complexity index is 654. The van der Waals surface area contributed by atoms with Crippen molar-refractivity contribution >= 4 is 11.3 Å². The standard InChI is InChI=1S/C18H18N2S/c1-2-4-14(5-3-1)7-9-17(18-11-19-13-21-18)20-12-15-6-8-16(20)10-15/h1-5,11,13,15-17H,6,8,10,12H2. The van der Waals surface area contributed by atoms with Gasteiger partial charge in [-0.2, -0.15) is 0 Å². The van der Waals surface area contributed by atoms with Crippen molar-refractivity contribution in [1.82, 2.24) is 9.88 Å². The Morgan fingerprint density at radius 3 is 2.81 bits per heavy atom. The highest BCUT2D eigenvalue weighted by Crippen LogP contribution is 2.42. The van der Waals surface area contributed by atoms with Crippen LogP contribution in [0.25, 0.3) is 0 Å². The predicted molar refractivity (Wildman–Crippen MR) is 86.0 cm³/mol. The van der Waals surface area contributed by atoms with Crippen LogP contribution in [0.5, 0.6) is 0 Å². The van der Waals surface area contributed by atoms with E-state index in [0.717, 1.165) is 17.5 Å². The molecule has 1 aromatic carbocycles. The average Bonchev–Trinajstić information content (AvgIpc) is 3.26. The quantitative estimate of drug-likeness (QED) is 0.785. The molecule has 0 amide bonds. The summed E-state index contributed by atoms with van der Waals surface area (Å²) >= 11 is 1.73. The van der Waals surface area contributed by atoms with Crippen LogP contribution >= 0.6 is 11.3 Å². The third kappa shape index (κ3) is 2.62. The van der Waals surface area contributed by atoms with Crippen LogP contribution in [-0.2, 0) is 0 Å². The van der Waals surface area contributed by atoms with Gasteiger partial charge in [-0.15, -0.1) is 11.3 Å². The number of fused-ring (bicyclic) bond motifs is 2. The van der Waals surface area contributed by atoms with Crippen LogP contribution < -0.4 is 0 Å². The number of likely N-dealkylation sites (tertiary alicyclic amines) is 1.